The standard InChI is InChI=1S/C21H25N7O3/c1-26(2)20-23-16(24-21(25-20)27-10-6-3-7-11-27)12-22-17(29)13-28-18(30)14-8-4-5-9-15(14)19(28)31/h4-5,8-9H,3,6-7,10-13H2,1-2H3,(H,22,29). The Morgan fingerprint density at radius 2 is 1.65 bits per heavy atom. The van der Waals surface area contributed by atoms with Gasteiger partial charge in [-0.15, -0.1) is 0 Å². The summed E-state index contributed by atoms with van der Waals surface area (Å²) in [6.07, 6.45) is 3.38. The van der Waals surface area contributed by atoms with Crippen molar-refractivity contribution >= 4 is 29.6 Å². The van der Waals surface area contributed by atoms with E-state index in [1.807, 2.05) is 14.1 Å². The normalized spacial score (nSPS) is 15.8. The quantitative estimate of drug-likeness (QED) is 0.681. The van der Waals surface area contributed by atoms with E-state index in [9.17, 15) is 14.4 Å². The van der Waals surface area contributed by atoms with Crippen LogP contribution in [-0.4, -0.2) is 71.3 Å². The molecule has 1 aromatic carbocycles. The second-order valence-corrected chi connectivity index (χ2v) is 7.81. The Bertz CT molecular complexity index is 983. The lowest BCUT2D eigenvalue weighted by atomic mass is 10.1. The van der Waals surface area contributed by atoms with Crippen LogP contribution in [0.3, 0.4) is 0 Å². The van der Waals surface area contributed by atoms with Crippen molar-refractivity contribution in [1.82, 2.24) is 25.2 Å². The van der Waals surface area contributed by atoms with Crippen LogP contribution in [0.4, 0.5) is 11.9 Å². The highest BCUT2D eigenvalue weighted by atomic mass is 16.2. The summed E-state index contributed by atoms with van der Waals surface area (Å²) in [5, 5.41) is 2.72. The summed E-state index contributed by atoms with van der Waals surface area (Å²) >= 11 is 0. The fourth-order valence-electron chi connectivity index (χ4n) is 3.67. The average Bonchev–Trinajstić information content (AvgIpc) is 3.03. The van der Waals surface area contributed by atoms with Gasteiger partial charge in [0.2, 0.25) is 17.8 Å². The van der Waals surface area contributed by atoms with Gasteiger partial charge in [-0.05, 0) is 31.4 Å². The summed E-state index contributed by atoms with van der Waals surface area (Å²) in [6, 6.07) is 6.56. The molecule has 0 aliphatic carbocycles. The zero-order valence-electron chi connectivity index (χ0n) is 17.7. The zero-order chi connectivity index (χ0) is 22.0. The van der Waals surface area contributed by atoms with Gasteiger partial charge in [-0.2, -0.15) is 15.0 Å². The van der Waals surface area contributed by atoms with Crippen LogP contribution in [0.1, 0.15) is 45.8 Å². The molecular formula is C21H25N7O3. The second kappa shape index (κ2) is 8.66. The molecule has 1 fully saturated rings. The van der Waals surface area contributed by atoms with E-state index in [2.05, 4.69) is 25.2 Å². The average molecular weight is 423 g/mol. The third-order valence-corrected chi connectivity index (χ3v) is 5.32. The van der Waals surface area contributed by atoms with Gasteiger partial charge in [0.1, 0.15) is 6.54 Å². The molecule has 31 heavy (non-hydrogen) atoms. The van der Waals surface area contributed by atoms with E-state index in [0.29, 0.717) is 28.8 Å². The van der Waals surface area contributed by atoms with Crippen molar-refractivity contribution in [3.63, 3.8) is 0 Å². The van der Waals surface area contributed by atoms with Crippen molar-refractivity contribution in [2.24, 2.45) is 0 Å². The minimum atomic E-state index is -0.460. The topological polar surface area (TPSA) is 112 Å². The number of aromatic nitrogens is 3. The van der Waals surface area contributed by atoms with Crippen LogP contribution in [0.5, 0.6) is 0 Å². The van der Waals surface area contributed by atoms with Crippen LogP contribution in [-0.2, 0) is 11.3 Å². The van der Waals surface area contributed by atoms with Crippen molar-refractivity contribution in [2.45, 2.75) is 25.8 Å². The molecule has 10 nitrogen and oxygen atoms in total. The third kappa shape index (κ3) is 4.32. The first-order valence-electron chi connectivity index (χ1n) is 10.3. The number of nitrogens with one attached hydrogen (secondary N) is 1. The van der Waals surface area contributed by atoms with E-state index in [1.165, 1.54) is 6.42 Å². The van der Waals surface area contributed by atoms with E-state index in [0.717, 1.165) is 30.8 Å². The van der Waals surface area contributed by atoms with Crippen LogP contribution >= 0.6 is 0 Å². The monoisotopic (exact) mass is 423 g/mol. The van der Waals surface area contributed by atoms with Crippen molar-refractivity contribution in [2.75, 3.05) is 43.5 Å². The molecule has 0 radical (unpaired) electrons. The van der Waals surface area contributed by atoms with Gasteiger partial charge < -0.3 is 15.1 Å². The minimum absolute atomic E-state index is 0.0756. The summed E-state index contributed by atoms with van der Waals surface area (Å²) in [5.41, 5.74) is 0.638. The number of fused-ring (bicyclic) bond motifs is 1. The number of amides is 3. The predicted octanol–water partition coefficient (Wildman–Crippen LogP) is 0.840. The van der Waals surface area contributed by atoms with Gasteiger partial charge in [-0.25, -0.2) is 0 Å². The number of benzene rings is 1. The molecular weight excluding hydrogens is 398 g/mol. The fraction of sp³-hybridized carbons (Fsp3) is 0.429. The number of hydrogen-bond acceptors (Lipinski definition) is 8. The van der Waals surface area contributed by atoms with E-state index >= 15 is 0 Å². The summed E-state index contributed by atoms with van der Waals surface area (Å²) in [7, 11) is 3.69. The number of rotatable bonds is 6. The second-order valence-electron chi connectivity index (χ2n) is 7.81. The molecule has 0 spiro atoms. The molecule has 4 rings (SSSR count). The van der Waals surface area contributed by atoms with E-state index < -0.39 is 17.7 Å². The first-order valence-corrected chi connectivity index (χ1v) is 10.3. The number of nitrogens with zero attached hydrogens (tertiary/aromatic N) is 6. The van der Waals surface area contributed by atoms with Crippen LogP contribution in [0, 0.1) is 0 Å². The van der Waals surface area contributed by atoms with Gasteiger partial charge in [-0.1, -0.05) is 12.1 Å². The molecule has 0 unspecified atom stereocenters. The maximum absolute atomic E-state index is 12.5. The minimum Gasteiger partial charge on any atom is -0.347 e. The van der Waals surface area contributed by atoms with E-state index in [4.69, 9.17) is 0 Å². The van der Waals surface area contributed by atoms with Crippen molar-refractivity contribution in [1.29, 1.82) is 0 Å². The Morgan fingerprint density at radius 1 is 1.00 bits per heavy atom. The van der Waals surface area contributed by atoms with Crippen molar-refractivity contribution in [3.8, 4) is 0 Å². The fourth-order valence-corrected chi connectivity index (χ4v) is 3.67. The number of hydrogen-bond donors (Lipinski definition) is 1. The summed E-state index contributed by atoms with van der Waals surface area (Å²) in [4.78, 5) is 55.7. The number of anilines is 2. The molecule has 10 heteroatoms. The van der Waals surface area contributed by atoms with Gasteiger partial charge in [0.25, 0.3) is 11.8 Å². The molecule has 1 aromatic heterocycles. The van der Waals surface area contributed by atoms with E-state index in [-0.39, 0.29) is 13.1 Å². The van der Waals surface area contributed by atoms with Crippen LogP contribution in [0.25, 0.3) is 0 Å². The Hall–Kier alpha value is -3.56. The molecule has 3 amide bonds. The Kier molecular flexibility index (Phi) is 5.79. The van der Waals surface area contributed by atoms with Crippen molar-refractivity contribution in [3.05, 3.63) is 41.2 Å². The van der Waals surface area contributed by atoms with Crippen molar-refractivity contribution < 1.29 is 14.4 Å². The highest BCUT2D eigenvalue weighted by Gasteiger charge is 2.36. The van der Waals surface area contributed by atoms with Crippen LogP contribution in [0.2, 0.25) is 0 Å². The van der Waals surface area contributed by atoms with Gasteiger partial charge in [-0.3, -0.25) is 19.3 Å². The lowest BCUT2D eigenvalue weighted by molar-refractivity contribution is -0.121. The SMILES string of the molecule is CN(C)c1nc(CNC(=O)CN2C(=O)c3ccccc3C2=O)nc(N2CCCCC2)n1. The lowest BCUT2D eigenvalue weighted by Gasteiger charge is -2.27. The first kappa shape index (κ1) is 20.7. The van der Waals surface area contributed by atoms with Gasteiger partial charge >= 0.3 is 0 Å². The maximum atomic E-state index is 12.5. The Labute approximate surface area is 180 Å². The molecule has 2 aliphatic heterocycles. The molecule has 1 saturated heterocycles. The van der Waals surface area contributed by atoms with Gasteiger partial charge in [0.15, 0.2) is 5.82 Å². The molecule has 0 atom stereocenters. The number of carbonyl (C=O) groups excluding carboxylic acids is 3. The molecule has 0 bridgehead atoms. The summed E-state index contributed by atoms with van der Waals surface area (Å²) < 4.78 is 0. The highest BCUT2D eigenvalue weighted by Crippen LogP contribution is 2.22. The van der Waals surface area contributed by atoms with Crippen LogP contribution in [0.15, 0.2) is 24.3 Å². The van der Waals surface area contributed by atoms with E-state index in [1.54, 1.807) is 29.2 Å². The smallest absolute Gasteiger partial charge is 0.262 e. The molecule has 1 N–H and O–H groups in total. The van der Waals surface area contributed by atoms with Crippen LogP contribution < -0.4 is 15.1 Å². The van der Waals surface area contributed by atoms with Gasteiger partial charge in [0, 0.05) is 27.2 Å². The zero-order valence-corrected chi connectivity index (χ0v) is 17.7. The third-order valence-electron chi connectivity index (χ3n) is 5.32. The summed E-state index contributed by atoms with van der Waals surface area (Å²) in [6.45, 7) is 1.51. The molecule has 2 aliphatic rings. The molecule has 162 valence electrons. The Balaban J connectivity index is 1.43. The summed E-state index contributed by atoms with van der Waals surface area (Å²) in [5.74, 6) is 0.162. The molecule has 0 saturated carbocycles. The largest absolute Gasteiger partial charge is 0.347 e. The predicted molar refractivity (Wildman–Crippen MR) is 114 cm³/mol. The first-order chi connectivity index (χ1) is 14.9. The lowest BCUT2D eigenvalue weighted by Crippen LogP contribution is -2.40. The maximum Gasteiger partial charge on any atom is 0.262 e. The highest BCUT2D eigenvalue weighted by molar-refractivity contribution is 6.22. The number of piperidine rings is 1. The number of imide groups is 1. The molecule has 3 heterocycles. The Morgan fingerprint density at radius 3 is 2.26 bits per heavy atom. The number of carbonyl (C=O) groups is 3. The van der Waals surface area contributed by atoms with Gasteiger partial charge in [0.05, 0.1) is 17.7 Å². The molecule has 2 aromatic rings.